The summed E-state index contributed by atoms with van der Waals surface area (Å²) in [5.74, 6) is -1.17. The first-order chi connectivity index (χ1) is 8.40. The molecule has 0 unspecified atom stereocenters. The SMILES string of the molecule is Cc1nc2cc([N+](=O)[O-])c(C(=O)O)cc2c(=O)[nH]1. The van der Waals surface area contributed by atoms with Crippen molar-refractivity contribution >= 4 is 22.6 Å². The van der Waals surface area contributed by atoms with E-state index in [4.69, 9.17) is 5.11 Å². The number of aryl methyl sites for hydroxylation is 1. The molecule has 8 nitrogen and oxygen atoms in total. The number of carboxylic acids is 1. The third-order valence-electron chi connectivity index (χ3n) is 2.37. The summed E-state index contributed by atoms with van der Waals surface area (Å²) in [6.07, 6.45) is 0. The van der Waals surface area contributed by atoms with E-state index in [0.717, 1.165) is 12.1 Å². The van der Waals surface area contributed by atoms with Gasteiger partial charge >= 0.3 is 5.97 Å². The Labute approximate surface area is 99.1 Å². The third-order valence-corrected chi connectivity index (χ3v) is 2.37. The van der Waals surface area contributed by atoms with Crippen molar-refractivity contribution in [3.05, 3.63) is 44.0 Å². The second-order valence-electron chi connectivity index (χ2n) is 3.60. The molecular weight excluding hydrogens is 242 g/mol. The van der Waals surface area contributed by atoms with Crippen LogP contribution in [0.15, 0.2) is 16.9 Å². The third kappa shape index (κ3) is 1.79. The van der Waals surface area contributed by atoms with Gasteiger partial charge in [-0.05, 0) is 13.0 Å². The number of hydrogen-bond acceptors (Lipinski definition) is 5. The minimum Gasteiger partial charge on any atom is -0.477 e. The van der Waals surface area contributed by atoms with E-state index >= 15 is 0 Å². The molecule has 0 saturated carbocycles. The standard InChI is InChI=1S/C10H7N3O5/c1-4-11-7-3-8(13(17)18)6(10(15)16)2-5(7)9(14)12-4/h2-3H,1H3,(H,15,16)(H,11,12,14). The summed E-state index contributed by atoms with van der Waals surface area (Å²) in [6, 6.07) is 1.95. The van der Waals surface area contributed by atoms with Crippen LogP contribution in [-0.4, -0.2) is 26.0 Å². The van der Waals surface area contributed by atoms with Crippen molar-refractivity contribution in [2.24, 2.45) is 0 Å². The van der Waals surface area contributed by atoms with Crippen LogP contribution in [0.1, 0.15) is 16.2 Å². The number of benzene rings is 1. The number of nitrogens with one attached hydrogen (secondary N) is 1. The number of nitro benzene ring substituents is 1. The van der Waals surface area contributed by atoms with Crippen molar-refractivity contribution in [2.45, 2.75) is 6.92 Å². The van der Waals surface area contributed by atoms with Gasteiger partial charge in [0.15, 0.2) is 0 Å². The van der Waals surface area contributed by atoms with E-state index in [9.17, 15) is 19.7 Å². The Morgan fingerprint density at radius 1 is 1.50 bits per heavy atom. The lowest BCUT2D eigenvalue weighted by atomic mass is 10.1. The molecule has 0 aliphatic carbocycles. The van der Waals surface area contributed by atoms with Crippen LogP contribution in [0, 0.1) is 17.0 Å². The Balaban J connectivity index is 2.93. The summed E-state index contributed by atoms with van der Waals surface area (Å²) < 4.78 is 0. The van der Waals surface area contributed by atoms with E-state index in [1.165, 1.54) is 6.92 Å². The Kier molecular flexibility index (Phi) is 2.55. The quantitative estimate of drug-likeness (QED) is 0.599. The summed E-state index contributed by atoms with van der Waals surface area (Å²) in [7, 11) is 0. The van der Waals surface area contributed by atoms with Gasteiger partial charge in [0.2, 0.25) is 0 Å². The highest BCUT2D eigenvalue weighted by Gasteiger charge is 2.22. The topological polar surface area (TPSA) is 126 Å². The molecule has 0 fully saturated rings. The lowest BCUT2D eigenvalue weighted by Gasteiger charge is -2.01. The van der Waals surface area contributed by atoms with Crippen molar-refractivity contribution in [1.82, 2.24) is 9.97 Å². The van der Waals surface area contributed by atoms with Crippen LogP contribution < -0.4 is 5.56 Å². The average molecular weight is 249 g/mol. The molecule has 8 heteroatoms. The number of aromatic nitrogens is 2. The predicted octanol–water partition coefficient (Wildman–Crippen LogP) is 0.838. The van der Waals surface area contributed by atoms with Crippen LogP contribution in [0.4, 0.5) is 5.69 Å². The molecule has 0 radical (unpaired) electrons. The summed E-state index contributed by atoms with van der Waals surface area (Å²) in [5, 5.41) is 19.7. The van der Waals surface area contributed by atoms with Crippen LogP contribution in [0.5, 0.6) is 0 Å². The molecule has 2 N–H and O–H groups in total. The number of H-pyrrole nitrogens is 1. The molecule has 0 saturated heterocycles. The first kappa shape index (κ1) is 11.7. The average Bonchev–Trinajstić information content (AvgIpc) is 2.26. The molecule has 0 aliphatic heterocycles. The highest BCUT2D eigenvalue weighted by molar-refractivity contribution is 5.97. The molecule has 0 bridgehead atoms. The van der Waals surface area contributed by atoms with Gasteiger partial charge in [-0.15, -0.1) is 0 Å². The minimum atomic E-state index is -1.47. The zero-order valence-electron chi connectivity index (χ0n) is 9.13. The van der Waals surface area contributed by atoms with Crippen LogP contribution in [0.2, 0.25) is 0 Å². The molecule has 0 aliphatic rings. The highest BCUT2D eigenvalue weighted by Crippen LogP contribution is 2.23. The predicted molar refractivity (Wildman–Crippen MR) is 60.7 cm³/mol. The van der Waals surface area contributed by atoms with Crippen LogP contribution in [0.25, 0.3) is 10.9 Å². The summed E-state index contributed by atoms with van der Waals surface area (Å²) in [4.78, 5) is 38.8. The molecular formula is C10H7N3O5. The van der Waals surface area contributed by atoms with Gasteiger partial charge in [-0.1, -0.05) is 0 Å². The first-order valence-electron chi connectivity index (χ1n) is 4.82. The normalized spacial score (nSPS) is 10.5. The molecule has 1 heterocycles. The summed E-state index contributed by atoms with van der Waals surface area (Å²) >= 11 is 0. The zero-order chi connectivity index (χ0) is 13.4. The van der Waals surface area contributed by atoms with Gasteiger partial charge in [0.1, 0.15) is 11.4 Å². The van der Waals surface area contributed by atoms with Crippen molar-refractivity contribution in [1.29, 1.82) is 0 Å². The van der Waals surface area contributed by atoms with Gasteiger partial charge in [-0.25, -0.2) is 9.78 Å². The molecule has 0 atom stereocenters. The minimum absolute atomic E-state index is 0.00333. The smallest absolute Gasteiger partial charge is 0.342 e. The van der Waals surface area contributed by atoms with Gasteiger partial charge in [0, 0.05) is 6.07 Å². The largest absolute Gasteiger partial charge is 0.477 e. The van der Waals surface area contributed by atoms with Crippen LogP contribution in [0.3, 0.4) is 0 Å². The van der Waals surface area contributed by atoms with Gasteiger partial charge in [-0.2, -0.15) is 0 Å². The molecule has 2 rings (SSSR count). The van der Waals surface area contributed by atoms with Gasteiger partial charge in [0.25, 0.3) is 11.2 Å². The Morgan fingerprint density at radius 3 is 2.72 bits per heavy atom. The number of rotatable bonds is 2. The maximum atomic E-state index is 11.6. The number of carboxylic acid groups (broad SMARTS) is 1. The Hall–Kier alpha value is -2.77. The van der Waals surface area contributed by atoms with E-state index in [2.05, 4.69) is 9.97 Å². The van der Waals surface area contributed by atoms with E-state index in [1.54, 1.807) is 0 Å². The van der Waals surface area contributed by atoms with Crippen molar-refractivity contribution in [2.75, 3.05) is 0 Å². The van der Waals surface area contributed by atoms with E-state index < -0.39 is 27.7 Å². The first-order valence-corrected chi connectivity index (χ1v) is 4.82. The molecule has 18 heavy (non-hydrogen) atoms. The lowest BCUT2D eigenvalue weighted by Crippen LogP contribution is -2.12. The maximum absolute atomic E-state index is 11.6. The van der Waals surface area contributed by atoms with Crippen molar-refractivity contribution in [3.63, 3.8) is 0 Å². The van der Waals surface area contributed by atoms with Crippen molar-refractivity contribution < 1.29 is 14.8 Å². The number of hydrogen-bond donors (Lipinski definition) is 2. The maximum Gasteiger partial charge on any atom is 0.342 e. The molecule has 92 valence electrons. The van der Waals surface area contributed by atoms with Gasteiger partial charge < -0.3 is 10.1 Å². The van der Waals surface area contributed by atoms with Gasteiger partial charge in [0.05, 0.1) is 15.8 Å². The Morgan fingerprint density at radius 2 is 2.17 bits per heavy atom. The van der Waals surface area contributed by atoms with Crippen LogP contribution >= 0.6 is 0 Å². The number of nitrogens with zero attached hydrogens (tertiary/aromatic N) is 2. The van der Waals surface area contributed by atoms with Crippen molar-refractivity contribution in [3.8, 4) is 0 Å². The molecule has 2 aromatic rings. The molecule has 0 spiro atoms. The molecule has 1 aromatic heterocycles. The summed E-state index contributed by atoms with van der Waals surface area (Å²) in [5.41, 5.74) is -1.57. The number of carbonyl (C=O) groups is 1. The van der Waals surface area contributed by atoms with Gasteiger partial charge in [-0.3, -0.25) is 14.9 Å². The molecule has 1 aromatic carbocycles. The van der Waals surface area contributed by atoms with Crippen LogP contribution in [-0.2, 0) is 0 Å². The fourth-order valence-corrected chi connectivity index (χ4v) is 1.61. The van der Waals surface area contributed by atoms with E-state index in [-0.39, 0.29) is 10.9 Å². The summed E-state index contributed by atoms with van der Waals surface area (Å²) in [6.45, 7) is 1.53. The number of fused-ring (bicyclic) bond motifs is 1. The fourth-order valence-electron chi connectivity index (χ4n) is 1.61. The van der Waals surface area contributed by atoms with E-state index in [0.29, 0.717) is 5.82 Å². The lowest BCUT2D eigenvalue weighted by molar-refractivity contribution is -0.385. The van der Waals surface area contributed by atoms with E-state index in [1.807, 2.05) is 0 Å². The fraction of sp³-hybridized carbons (Fsp3) is 0.100. The zero-order valence-corrected chi connectivity index (χ0v) is 9.13. The second kappa shape index (κ2) is 3.91. The number of aromatic amines is 1. The second-order valence-corrected chi connectivity index (χ2v) is 3.60. The highest BCUT2D eigenvalue weighted by atomic mass is 16.6. The Bertz CT molecular complexity index is 734. The molecule has 0 amide bonds. The monoisotopic (exact) mass is 249 g/mol. The number of aromatic carboxylic acids is 1. The number of nitro groups is 1.